The highest BCUT2D eigenvalue weighted by atomic mass is 32.2. The highest BCUT2D eigenvalue weighted by Crippen LogP contribution is 2.10. The summed E-state index contributed by atoms with van der Waals surface area (Å²) in [6.07, 6.45) is 4.05. The minimum absolute atomic E-state index is 0.0926. The van der Waals surface area contributed by atoms with Crippen LogP contribution in [0.5, 0.6) is 0 Å². The lowest BCUT2D eigenvalue weighted by molar-refractivity contribution is 0.557. The van der Waals surface area contributed by atoms with Gasteiger partial charge in [0.05, 0.1) is 0 Å². The standard InChI is InChI=1S/C10H17N3O2S2/c1-8(5-6-16-2)13-17(14,15)9-3-4-10(11)12-7-9/h3-4,7-8,13H,5-6H2,1-2H3,(H2,11,12). The zero-order chi connectivity index (χ0) is 12.9. The number of nitrogens with two attached hydrogens (primary N) is 1. The van der Waals surface area contributed by atoms with Crippen molar-refractivity contribution in [1.82, 2.24) is 9.71 Å². The molecule has 7 heteroatoms. The molecule has 1 aromatic heterocycles. The van der Waals surface area contributed by atoms with E-state index < -0.39 is 10.0 Å². The second kappa shape index (κ2) is 6.23. The molecule has 0 saturated carbocycles. The third kappa shape index (κ3) is 4.53. The number of nitrogen functional groups attached to an aromatic ring is 1. The second-order valence-corrected chi connectivity index (χ2v) is 6.42. The SMILES string of the molecule is CSCCC(C)NS(=O)(=O)c1ccc(N)nc1. The summed E-state index contributed by atoms with van der Waals surface area (Å²) >= 11 is 1.69. The molecule has 5 nitrogen and oxygen atoms in total. The van der Waals surface area contributed by atoms with Gasteiger partial charge in [-0.25, -0.2) is 18.1 Å². The fourth-order valence-electron chi connectivity index (χ4n) is 1.24. The summed E-state index contributed by atoms with van der Waals surface area (Å²) in [4.78, 5) is 3.91. The van der Waals surface area contributed by atoms with Crippen LogP contribution >= 0.6 is 11.8 Å². The van der Waals surface area contributed by atoms with Gasteiger partial charge in [-0.05, 0) is 37.5 Å². The Morgan fingerprint density at radius 1 is 1.53 bits per heavy atom. The molecule has 0 saturated heterocycles. The predicted octanol–water partition coefficient (Wildman–Crippen LogP) is 1.08. The fraction of sp³-hybridized carbons (Fsp3) is 0.500. The number of rotatable bonds is 6. The lowest BCUT2D eigenvalue weighted by Gasteiger charge is -2.13. The second-order valence-electron chi connectivity index (χ2n) is 3.72. The normalized spacial score (nSPS) is 13.5. The molecule has 17 heavy (non-hydrogen) atoms. The lowest BCUT2D eigenvalue weighted by Crippen LogP contribution is -2.33. The molecular weight excluding hydrogens is 258 g/mol. The van der Waals surface area contributed by atoms with E-state index in [1.807, 2.05) is 13.2 Å². The summed E-state index contributed by atoms with van der Waals surface area (Å²) < 4.78 is 26.4. The number of thioether (sulfide) groups is 1. The molecule has 1 aromatic rings. The van der Waals surface area contributed by atoms with Gasteiger partial charge in [0.15, 0.2) is 0 Å². The first-order valence-electron chi connectivity index (χ1n) is 5.18. The monoisotopic (exact) mass is 275 g/mol. The molecule has 0 aliphatic rings. The number of nitrogens with one attached hydrogen (secondary N) is 1. The molecule has 0 aliphatic carbocycles. The largest absolute Gasteiger partial charge is 0.384 e. The zero-order valence-corrected chi connectivity index (χ0v) is 11.5. The molecule has 1 rings (SSSR count). The number of hydrogen-bond donors (Lipinski definition) is 2. The van der Waals surface area contributed by atoms with E-state index in [-0.39, 0.29) is 10.9 Å². The summed E-state index contributed by atoms with van der Waals surface area (Å²) in [5.41, 5.74) is 5.41. The number of nitrogens with zero attached hydrogens (tertiary/aromatic N) is 1. The third-order valence-electron chi connectivity index (χ3n) is 2.18. The Morgan fingerprint density at radius 2 is 2.24 bits per heavy atom. The summed E-state index contributed by atoms with van der Waals surface area (Å²) in [6.45, 7) is 1.85. The van der Waals surface area contributed by atoms with Crippen LogP contribution in [0.4, 0.5) is 5.82 Å². The molecular formula is C10H17N3O2S2. The van der Waals surface area contributed by atoms with Crippen molar-refractivity contribution < 1.29 is 8.42 Å². The first-order chi connectivity index (χ1) is 7.95. The minimum atomic E-state index is -3.48. The van der Waals surface area contributed by atoms with Crippen LogP contribution in [0.25, 0.3) is 0 Å². The Hall–Kier alpha value is -0.790. The van der Waals surface area contributed by atoms with E-state index in [1.54, 1.807) is 11.8 Å². The number of aromatic nitrogens is 1. The van der Waals surface area contributed by atoms with Crippen molar-refractivity contribution in [3.05, 3.63) is 18.3 Å². The molecule has 1 heterocycles. The molecule has 96 valence electrons. The summed E-state index contributed by atoms with van der Waals surface area (Å²) in [7, 11) is -3.48. The average molecular weight is 275 g/mol. The van der Waals surface area contributed by atoms with Crippen molar-refractivity contribution in [2.24, 2.45) is 0 Å². The first kappa shape index (κ1) is 14.3. The van der Waals surface area contributed by atoms with Crippen molar-refractivity contribution in [2.75, 3.05) is 17.7 Å². The Bertz CT molecular complexity index is 445. The number of hydrogen-bond acceptors (Lipinski definition) is 5. The zero-order valence-electron chi connectivity index (χ0n) is 9.88. The maximum absolute atomic E-state index is 11.9. The van der Waals surface area contributed by atoms with E-state index in [9.17, 15) is 8.42 Å². The Kier molecular flexibility index (Phi) is 5.23. The van der Waals surface area contributed by atoms with E-state index in [2.05, 4.69) is 9.71 Å². The van der Waals surface area contributed by atoms with E-state index >= 15 is 0 Å². The van der Waals surface area contributed by atoms with Crippen LogP contribution < -0.4 is 10.5 Å². The number of sulfonamides is 1. The van der Waals surface area contributed by atoms with Crippen LogP contribution in [-0.4, -0.2) is 31.5 Å². The van der Waals surface area contributed by atoms with Crippen LogP contribution in [0.1, 0.15) is 13.3 Å². The van der Waals surface area contributed by atoms with Gasteiger partial charge in [-0.15, -0.1) is 0 Å². The van der Waals surface area contributed by atoms with E-state index in [0.29, 0.717) is 5.82 Å². The molecule has 1 atom stereocenters. The smallest absolute Gasteiger partial charge is 0.242 e. The van der Waals surface area contributed by atoms with E-state index in [1.165, 1.54) is 18.3 Å². The molecule has 0 fully saturated rings. The van der Waals surface area contributed by atoms with Gasteiger partial charge in [0.1, 0.15) is 10.7 Å². The summed E-state index contributed by atoms with van der Waals surface area (Å²) in [5.74, 6) is 1.23. The highest BCUT2D eigenvalue weighted by Gasteiger charge is 2.17. The average Bonchev–Trinajstić information content (AvgIpc) is 2.26. The summed E-state index contributed by atoms with van der Waals surface area (Å²) in [6, 6.07) is 2.83. The van der Waals surface area contributed by atoms with Gasteiger partial charge in [0.25, 0.3) is 0 Å². The van der Waals surface area contributed by atoms with Crippen LogP contribution in [0.2, 0.25) is 0 Å². The van der Waals surface area contributed by atoms with Crippen molar-refractivity contribution in [2.45, 2.75) is 24.3 Å². The van der Waals surface area contributed by atoms with Gasteiger partial charge in [-0.3, -0.25) is 0 Å². The molecule has 0 aliphatic heterocycles. The lowest BCUT2D eigenvalue weighted by atomic mass is 10.3. The van der Waals surface area contributed by atoms with Crippen LogP contribution in [0.15, 0.2) is 23.2 Å². The van der Waals surface area contributed by atoms with Gasteiger partial charge in [-0.1, -0.05) is 0 Å². The van der Waals surface area contributed by atoms with Gasteiger partial charge in [-0.2, -0.15) is 11.8 Å². The topological polar surface area (TPSA) is 85.1 Å². The Labute approximate surface area is 106 Å². The predicted molar refractivity (Wildman–Crippen MR) is 71.4 cm³/mol. The van der Waals surface area contributed by atoms with Crippen molar-refractivity contribution >= 4 is 27.6 Å². The maximum atomic E-state index is 11.9. The molecule has 0 bridgehead atoms. The molecule has 0 amide bonds. The van der Waals surface area contributed by atoms with E-state index in [4.69, 9.17) is 5.73 Å². The van der Waals surface area contributed by atoms with E-state index in [0.717, 1.165) is 12.2 Å². The van der Waals surface area contributed by atoms with Crippen molar-refractivity contribution in [1.29, 1.82) is 0 Å². The molecule has 0 radical (unpaired) electrons. The van der Waals surface area contributed by atoms with Crippen molar-refractivity contribution in [3.8, 4) is 0 Å². The first-order valence-corrected chi connectivity index (χ1v) is 8.06. The quantitative estimate of drug-likeness (QED) is 0.811. The van der Waals surface area contributed by atoms with Gasteiger partial charge < -0.3 is 5.73 Å². The van der Waals surface area contributed by atoms with Crippen LogP contribution in [-0.2, 0) is 10.0 Å². The van der Waals surface area contributed by atoms with Crippen LogP contribution in [0.3, 0.4) is 0 Å². The molecule has 0 spiro atoms. The fourth-order valence-corrected chi connectivity index (χ4v) is 3.05. The Morgan fingerprint density at radius 3 is 2.76 bits per heavy atom. The third-order valence-corrected chi connectivity index (χ3v) is 4.40. The molecule has 0 aromatic carbocycles. The molecule has 1 unspecified atom stereocenters. The van der Waals surface area contributed by atoms with Crippen LogP contribution in [0, 0.1) is 0 Å². The number of pyridine rings is 1. The molecule has 3 N–H and O–H groups in total. The van der Waals surface area contributed by atoms with Gasteiger partial charge >= 0.3 is 0 Å². The number of anilines is 1. The van der Waals surface area contributed by atoms with Crippen molar-refractivity contribution in [3.63, 3.8) is 0 Å². The highest BCUT2D eigenvalue weighted by molar-refractivity contribution is 7.98. The summed E-state index contributed by atoms with van der Waals surface area (Å²) in [5, 5.41) is 0. The van der Waals surface area contributed by atoms with Gasteiger partial charge in [0, 0.05) is 12.2 Å². The van der Waals surface area contributed by atoms with Gasteiger partial charge in [0.2, 0.25) is 10.0 Å². The Balaban J connectivity index is 2.71. The minimum Gasteiger partial charge on any atom is -0.384 e. The maximum Gasteiger partial charge on any atom is 0.242 e.